The Balaban J connectivity index is 1.43. The van der Waals surface area contributed by atoms with Crippen LogP contribution in [-0.4, -0.2) is 44.9 Å². The van der Waals surface area contributed by atoms with E-state index in [0.29, 0.717) is 12.2 Å². The summed E-state index contributed by atoms with van der Waals surface area (Å²) in [6, 6.07) is 14.6. The predicted molar refractivity (Wildman–Crippen MR) is 133 cm³/mol. The third-order valence-electron chi connectivity index (χ3n) is 10.1. The molecule has 3 aromatic rings. The Labute approximate surface area is 206 Å². The molecule has 5 heteroatoms. The summed E-state index contributed by atoms with van der Waals surface area (Å²) in [6.07, 6.45) is 6.63. The maximum Gasteiger partial charge on any atom is 0.166 e. The second-order valence-electron chi connectivity index (χ2n) is 11.5. The van der Waals surface area contributed by atoms with Crippen LogP contribution in [0.25, 0.3) is 0 Å². The monoisotopic (exact) mass is 468 g/mol. The number of aromatic hydroxyl groups is 1. The fourth-order valence-corrected chi connectivity index (χ4v) is 8.61. The minimum absolute atomic E-state index is 0.0511. The van der Waals surface area contributed by atoms with Gasteiger partial charge in [-0.3, -0.25) is 0 Å². The summed E-state index contributed by atoms with van der Waals surface area (Å²) in [5.41, 5.74) is 7.67. The number of benzene rings is 2. The highest BCUT2D eigenvalue weighted by Gasteiger charge is 2.72. The molecule has 0 radical (unpaired) electrons. The number of rotatable bonds is 2. The largest absolute Gasteiger partial charge is 0.504 e. The van der Waals surface area contributed by atoms with Gasteiger partial charge in [-0.05, 0) is 80.4 Å². The van der Waals surface area contributed by atoms with Crippen molar-refractivity contribution in [1.82, 2.24) is 9.47 Å². The van der Waals surface area contributed by atoms with Gasteiger partial charge in [-0.15, -0.1) is 0 Å². The zero-order valence-corrected chi connectivity index (χ0v) is 20.3. The quantitative estimate of drug-likeness (QED) is 0.596. The van der Waals surface area contributed by atoms with Crippen molar-refractivity contribution in [2.75, 3.05) is 13.6 Å². The van der Waals surface area contributed by atoms with Crippen molar-refractivity contribution in [3.05, 3.63) is 81.7 Å². The summed E-state index contributed by atoms with van der Waals surface area (Å²) in [7, 11) is 2.16. The van der Waals surface area contributed by atoms with Crippen molar-refractivity contribution < 1.29 is 14.9 Å². The minimum atomic E-state index is -0.909. The Morgan fingerprint density at radius 3 is 2.74 bits per heavy atom. The summed E-state index contributed by atoms with van der Waals surface area (Å²) in [5, 5.41) is 23.7. The van der Waals surface area contributed by atoms with Gasteiger partial charge < -0.3 is 24.4 Å². The normalized spacial score (nSPS) is 31.9. The molecule has 1 saturated heterocycles. The van der Waals surface area contributed by atoms with E-state index < -0.39 is 11.0 Å². The van der Waals surface area contributed by atoms with Crippen LogP contribution in [0.2, 0.25) is 0 Å². The molecule has 3 aliphatic carbocycles. The number of aliphatic hydroxyl groups is 1. The lowest BCUT2D eigenvalue weighted by Crippen LogP contribution is -2.74. The van der Waals surface area contributed by atoms with Gasteiger partial charge in [0, 0.05) is 30.3 Å². The van der Waals surface area contributed by atoms with E-state index in [9.17, 15) is 10.2 Å². The Hall–Kier alpha value is -2.76. The third-order valence-corrected chi connectivity index (χ3v) is 10.1. The minimum Gasteiger partial charge on any atom is -0.504 e. The maximum atomic E-state index is 12.8. The zero-order valence-electron chi connectivity index (χ0n) is 20.3. The summed E-state index contributed by atoms with van der Waals surface area (Å²) >= 11 is 0. The van der Waals surface area contributed by atoms with Gasteiger partial charge in [-0.2, -0.15) is 0 Å². The summed E-state index contributed by atoms with van der Waals surface area (Å²) in [5.74, 6) is 0.826. The SMILES string of the molecule is CN1CC[C@]23c4c5ccc(O)c4O[C@H]2c2c(c4c(n2Cc2ccccc2)CCCC4)C[C@@]3(O)[C@H]1C5. The molecule has 2 N–H and O–H groups in total. The van der Waals surface area contributed by atoms with Crippen molar-refractivity contribution in [2.24, 2.45) is 0 Å². The number of phenols is 1. The van der Waals surface area contributed by atoms with Gasteiger partial charge in [0.05, 0.1) is 16.7 Å². The highest BCUT2D eigenvalue weighted by atomic mass is 16.5. The molecule has 2 aliphatic heterocycles. The number of fused-ring (bicyclic) bond motifs is 4. The Bertz CT molecular complexity index is 1380. The molecule has 0 unspecified atom stereocenters. The number of nitrogens with zero attached hydrogens (tertiary/aromatic N) is 2. The average Bonchev–Trinajstić information content (AvgIpc) is 3.37. The van der Waals surface area contributed by atoms with Crippen LogP contribution >= 0.6 is 0 Å². The molecule has 1 fully saturated rings. The molecule has 2 aromatic carbocycles. The molecule has 8 rings (SSSR count). The highest BCUT2D eigenvalue weighted by molar-refractivity contribution is 5.65. The molecule has 5 aliphatic rings. The molecule has 5 nitrogen and oxygen atoms in total. The van der Waals surface area contributed by atoms with Crippen molar-refractivity contribution in [3.63, 3.8) is 0 Å². The van der Waals surface area contributed by atoms with E-state index in [0.717, 1.165) is 44.3 Å². The number of piperidine rings is 1. The van der Waals surface area contributed by atoms with Gasteiger partial charge >= 0.3 is 0 Å². The van der Waals surface area contributed by atoms with Gasteiger partial charge in [0.2, 0.25) is 0 Å². The number of ether oxygens (including phenoxy) is 1. The smallest absolute Gasteiger partial charge is 0.166 e. The number of aromatic nitrogens is 1. The van der Waals surface area contributed by atoms with E-state index in [1.807, 2.05) is 0 Å². The molecule has 1 aromatic heterocycles. The first-order valence-electron chi connectivity index (χ1n) is 13.2. The van der Waals surface area contributed by atoms with E-state index in [4.69, 9.17) is 4.74 Å². The van der Waals surface area contributed by atoms with Crippen LogP contribution in [0.5, 0.6) is 11.5 Å². The number of likely N-dealkylation sites (tertiary alicyclic amines) is 1. The molecule has 35 heavy (non-hydrogen) atoms. The van der Waals surface area contributed by atoms with Crippen LogP contribution in [-0.2, 0) is 37.6 Å². The van der Waals surface area contributed by atoms with Gasteiger partial charge in [-0.1, -0.05) is 36.4 Å². The van der Waals surface area contributed by atoms with Crippen LogP contribution in [0.4, 0.5) is 0 Å². The van der Waals surface area contributed by atoms with Crippen LogP contribution in [0.1, 0.15) is 64.6 Å². The van der Waals surface area contributed by atoms with Gasteiger partial charge in [0.15, 0.2) is 17.6 Å². The molecular weight excluding hydrogens is 436 g/mol. The van der Waals surface area contributed by atoms with E-state index in [-0.39, 0.29) is 17.9 Å². The summed E-state index contributed by atoms with van der Waals surface area (Å²) < 4.78 is 9.39. The molecule has 180 valence electrons. The standard InChI is InChI=1S/C30H32N2O3/c1-31-14-13-29-25-19-11-12-23(33)27(25)35-28(29)26-21(16-30(29,34)24(31)15-19)20-9-5-6-10-22(20)32(26)17-18-7-3-2-4-8-18/h2-4,7-8,11-12,24,28,33-34H,5-6,9-10,13-17H2,1H3/t24-,28+,29+,30-/m1/s1. The van der Waals surface area contributed by atoms with Gasteiger partial charge in [0.1, 0.15) is 0 Å². The van der Waals surface area contributed by atoms with Crippen LogP contribution < -0.4 is 4.74 Å². The molecular formula is C30H32N2O3. The maximum absolute atomic E-state index is 12.8. The van der Waals surface area contributed by atoms with Crippen LogP contribution in [0, 0.1) is 0 Å². The zero-order chi connectivity index (χ0) is 23.5. The first-order valence-corrected chi connectivity index (χ1v) is 13.2. The molecule has 0 saturated carbocycles. The summed E-state index contributed by atoms with van der Waals surface area (Å²) in [6.45, 7) is 1.75. The number of hydrogen-bond acceptors (Lipinski definition) is 4. The Morgan fingerprint density at radius 2 is 1.89 bits per heavy atom. The molecule has 3 heterocycles. The van der Waals surface area contributed by atoms with Crippen LogP contribution in [0.15, 0.2) is 42.5 Å². The lowest BCUT2D eigenvalue weighted by molar-refractivity contribution is -0.168. The number of hydrogen-bond donors (Lipinski definition) is 2. The third kappa shape index (κ3) is 2.32. The molecule has 2 bridgehead atoms. The average molecular weight is 469 g/mol. The molecule has 4 atom stereocenters. The Morgan fingerprint density at radius 1 is 1.06 bits per heavy atom. The van der Waals surface area contributed by atoms with E-state index in [1.54, 1.807) is 6.07 Å². The van der Waals surface area contributed by atoms with Crippen LogP contribution in [0.3, 0.4) is 0 Å². The first-order chi connectivity index (χ1) is 17.0. The van der Waals surface area contributed by atoms with E-state index in [2.05, 4.69) is 52.9 Å². The number of likely N-dealkylation sites (N-methyl/N-ethyl adjacent to an activating group) is 1. The highest BCUT2D eigenvalue weighted by Crippen LogP contribution is 2.69. The topological polar surface area (TPSA) is 57.9 Å². The van der Waals surface area contributed by atoms with Gasteiger partial charge in [0.25, 0.3) is 0 Å². The van der Waals surface area contributed by atoms with Crippen molar-refractivity contribution in [2.45, 2.75) is 74.7 Å². The lowest BCUT2D eigenvalue weighted by Gasteiger charge is -2.62. The number of phenolic OH excluding ortho intramolecular Hbond substituents is 1. The molecule has 0 amide bonds. The van der Waals surface area contributed by atoms with Crippen molar-refractivity contribution >= 4 is 0 Å². The van der Waals surface area contributed by atoms with Crippen molar-refractivity contribution in [1.29, 1.82) is 0 Å². The fraction of sp³-hybridized carbons (Fsp3) is 0.467. The fourth-order valence-electron chi connectivity index (χ4n) is 8.61. The lowest BCUT2D eigenvalue weighted by atomic mass is 9.49. The first kappa shape index (κ1) is 20.4. The summed E-state index contributed by atoms with van der Waals surface area (Å²) in [4.78, 5) is 2.37. The second kappa shape index (κ2) is 6.71. The Kier molecular flexibility index (Phi) is 3.92. The van der Waals surface area contributed by atoms with E-state index >= 15 is 0 Å². The molecule has 1 spiro atoms. The van der Waals surface area contributed by atoms with E-state index in [1.165, 1.54) is 46.5 Å². The predicted octanol–water partition coefficient (Wildman–Crippen LogP) is 4.04. The van der Waals surface area contributed by atoms with Crippen molar-refractivity contribution in [3.8, 4) is 11.5 Å². The second-order valence-corrected chi connectivity index (χ2v) is 11.5. The van der Waals surface area contributed by atoms with Gasteiger partial charge in [-0.25, -0.2) is 0 Å².